The predicted molar refractivity (Wildman–Crippen MR) is 91.7 cm³/mol. The summed E-state index contributed by atoms with van der Waals surface area (Å²) in [6.45, 7) is 0.908. The van der Waals surface area contributed by atoms with Crippen LogP contribution in [0.3, 0.4) is 0 Å². The molecule has 4 unspecified atom stereocenters. The number of carbonyl (C=O) groups excluding carboxylic acids is 2. The van der Waals surface area contributed by atoms with Crippen molar-refractivity contribution >= 4 is 11.8 Å². The molecular weight excluding hydrogens is 306 g/mol. The van der Waals surface area contributed by atoms with Crippen molar-refractivity contribution in [1.82, 2.24) is 26.6 Å². The maximum atomic E-state index is 12.3. The Hall–Kier alpha value is -1.86. The van der Waals surface area contributed by atoms with E-state index in [9.17, 15) is 9.59 Å². The lowest BCUT2D eigenvalue weighted by Crippen LogP contribution is -2.61. The summed E-state index contributed by atoms with van der Waals surface area (Å²) in [6.07, 6.45) is 12.9. The van der Waals surface area contributed by atoms with Gasteiger partial charge >= 0.3 is 0 Å². The third-order valence-electron chi connectivity index (χ3n) is 4.72. The van der Waals surface area contributed by atoms with E-state index < -0.39 is 0 Å². The van der Waals surface area contributed by atoms with Gasteiger partial charge in [0, 0.05) is 0 Å². The average molecular weight is 333 g/mol. The molecule has 132 valence electrons. The van der Waals surface area contributed by atoms with E-state index in [4.69, 9.17) is 0 Å². The van der Waals surface area contributed by atoms with E-state index in [-0.39, 0.29) is 36.2 Å². The number of amides is 2. The summed E-state index contributed by atoms with van der Waals surface area (Å²) >= 11 is 0. The smallest absolute Gasteiger partial charge is 0.247 e. The van der Waals surface area contributed by atoms with Crippen LogP contribution in [0.15, 0.2) is 24.4 Å². The summed E-state index contributed by atoms with van der Waals surface area (Å²) in [6, 6.07) is -0.419. The third kappa shape index (κ3) is 4.58. The molecule has 0 aromatic heterocycles. The van der Waals surface area contributed by atoms with Crippen LogP contribution in [0.5, 0.6) is 0 Å². The van der Waals surface area contributed by atoms with Crippen LogP contribution in [0.2, 0.25) is 0 Å². The monoisotopic (exact) mass is 333 g/mol. The summed E-state index contributed by atoms with van der Waals surface area (Å²) in [5.74, 6) is -0.00443. The van der Waals surface area contributed by atoms with Crippen LogP contribution in [0.4, 0.5) is 0 Å². The molecule has 2 amide bonds. The molecule has 0 aromatic carbocycles. The van der Waals surface area contributed by atoms with Gasteiger partial charge in [0.2, 0.25) is 11.8 Å². The second-order valence-corrected chi connectivity index (χ2v) is 6.61. The minimum absolute atomic E-state index is 0.0567. The van der Waals surface area contributed by atoms with Crippen molar-refractivity contribution in [2.45, 2.75) is 62.9 Å². The van der Waals surface area contributed by atoms with Crippen molar-refractivity contribution in [3.8, 4) is 0 Å². The molecule has 2 fully saturated rings. The van der Waals surface area contributed by atoms with Crippen molar-refractivity contribution in [3.63, 3.8) is 0 Å². The van der Waals surface area contributed by atoms with Gasteiger partial charge in [-0.05, 0) is 50.9 Å². The van der Waals surface area contributed by atoms with Crippen molar-refractivity contribution in [1.29, 1.82) is 0 Å². The third-order valence-corrected chi connectivity index (χ3v) is 4.72. The van der Waals surface area contributed by atoms with Gasteiger partial charge in [0.25, 0.3) is 0 Å². The lowest BCUT2D eigenvalue weighted by atomic mass is 10.0. The van der Waals surface area contributed by atoms with Gasteiger partial charge in [-0.25, -0.2) is 0 Å². The molecule has 3 aliphatic heterocycles. The van der Waals surface area contributed by atoms with E-state index in [1.807, 2.05) is 18.2 Å². The zero-order valence-corrected chi connectivity index (χ0v) is 13.9. The summed E-state index contributed by atoms with van der Waals surface area (Å²) < 4.78 is 0. The Morgan fingerprint density at radius 2 is 1.71 bits per heavy atom. The Morgan fingerprint density at radius 1 is 0.917 bits per heavy atom. The molecule has 0 aliphatic carbocycles. The van der Waals surface area contributed by atoms with E-state index in [1.54, 1.807) is 6.20 Å². The Kier molecular flexibility index (Phi) is 5.87. The number of dihydropyridines is 1. The summed E-state index contributed by atoms with van der Waals surface area (Å²) in [5, 5.41) is 15.7. The first-order valence-corrected chi connectivity index (χ1v) is 8.92. The van der Waals surface area contributed by atoms with Crippen LogP contribution in [-0.4, -0.2) is 42.8 Å². The van der Waals surface area contributed by atoms with Gasteiger partial charge in [-0.15, -0.1) is 0 Å². The molecule has 4 atom stereocenters. The zero-order valence-electron chi connectivity index (χ0n) is 13.9. The van der Waals surface area contributed by atoms with Crippen LogP contribution in [-0.2, 0) is 9.59 Å². The maximum Gasteiger partial charge on any atom is 0.247 e. The summed E-state index contributed by atoms with van der Waals surface area (Å²) in [5.41, 5.74) is 0. The van der Waals surface area contributed by atoms with E-state index in [0.29, 0.717) is 0 Å². The fourth-order valence-corrected chi connectivity index (χ4v) is 3.38. The zero-order chi connectivity index (χ0) is 16.8. The highest BCUT2D eigenvalue weighted by molar-refractivity contribution is 5.84. The normalized spacial score (nSPS) is 32.7. The predicted octanol–water partition coefficient (Wildman–Crippen LogP) is -0.172. The number of hydrogen-bond donors (Lipinski definition) is 5. The second kappa shape index (κ2) is 8.30. The average Bonchev–Trinajstić information content (AvgIpc) is 2.63. The Morgan fingerprint density at radius 3 is 2.38 bits per heavy atom. The van der Waals surface area contributed by atoms with Gasteiger partial charge in [0.05, 0.1) is 18.4 Å². The summed E-state index contributed by atoms with van der Waals surface area (Å²) in [4.78, 5) is 24.6. The largest absolute Gasteiger partial charge is 0.377 e. The highest BCUT2D eigenvalue weighted by Crippen LogP contribution is 2.12. The molecule has 0 spiro atoms. The molecule has 3 rings (SSSR count). The van der Waals surface area contributed by atoms with Crippen molar-refractivity contribution in [2.24, 2.45) is 0 Å². The van der Waals surface area contributed by atoms with Crippen LogP contribution < -0.4 is 26.6 Å². The molecule has 7 nitrogen and oxygen atoms in total. The van der Waals surface area contributed by atoms with Crippen molar-refractivity contribution in [3.05, 3.63) is 24.4 Å². The lowest BCUT2D eigenvalue weighted by molar-refractivity contribution is -0.125. The first-order valence-electron chi connectivity index (χ1n) is 8.92. The van der Waals surface area contributed by atoms with E-state index in [0.717, 1.165) is 45.1 Å². The molecule has 3 aliphatic rings. The van der Waals surface area contributed by atoms with Crippen molar-refractivity contribution < 1.29 is 9.59 Å². The van der Waals surface area contributed by atoms with Gasteiger partial charge < -0.3 is 21.3 Å². The molecule has 5 N–H and O–H groups in total. The van der Waals surface area contributed by atoms with Crippen LogP contribution >= 0.6 is 0 Å². The molecule has 0 aromatic rings. The van der Waals surface area contributed by atoms with Crippen LogP contribution in [0, 0.1) is 0 Å². The minimum atomic E-state index is -0.335. The van der Waals surface area contributed by atoms with Crippen LogP contribution in [0.1, 0.15) is 38.5 Å². The van der Waals surface area contributed by atoms with Crippen LogP contribution in [0.25, 0.3) is 0 Å². The van der Waals surface area contributed by atoms with Gasteiger partial charge in [0.15, 0.2) is 0 Å². The Bertz CT molecular complexity index is 513. The van der Waals surface area contributed by atoms with E-state index in [1.165, 1.54) is 0 Å². The molecule has 24 heavy (non-hydrogen) atoms. The molecule has 2 saturated heterocycles. The molecule has 0 saturated carbocycles. The van der Waals surface area contributed by atoms with E-state index >= 15 is 0 Å². The highest BCUT2D eigenvalue weighted by atomic mass is 16.2. The molecule has 0 bridgehead atoms. The topological polar surface area (TPSA) is 94.3 Å². The van der Waals surface area contributed by atoms with Gasteiger partial charge in [-0.3, -0.25) is 14.9 Å². The molecular formula is C17H27N5O2. The Labute approximate surface area is 142 Å². The number of allylic oxidation sites excluding steroid dienone is 2. The first kappa shape index (κ1) is 17.0. The SMILES string of the molecule is O=C(NC1CCCC(NC(=O)C2CCCCN2)N1)C1C=CC=CN1. The highest BCUT2D eigenvalue weighted by Gasteiger charge is 2.28. The number of rotatable bonds is 4. The number of hydrogen-bond acceptors (Lipinski definition) is 5. The van der Waals surface area contributed by atoms with Gasteiger partial charge in [-0.2, -0.15) is 0 Å². The lowest BCUT2D eigenvalue weighted by Gasteiger charge is -2.34. The van der Waals surface area contributed by atoms with Gasteiger partial charge in [-0.1, -0.05) is 18.6 Å². The molecule has 3 heterocycles. The van der Waals surface area contributed by atoms with E-state index in [2.05, 4.69) is 26.6 Å². The quantitative estimate of drug-likeness (QED) is 0.492. The number of carbonyl (C=O) groups is 2. The second-order valence-electron chi connectivity index (χ2n) is 6.61. The Balaban J connectivity index is 1.45. The summed E-state index contributed by atoms with van der Waals surface area (Å²) in [7, 11) is 0. The maximum absolute atomic E-state index is 12.3. The first-order chi connectivity index (χ1) is 11.7. The van der Waals surface area contributed by atoms with Crippen molar-refractivity contribution in [2.75, 3.05) is 6.54 Å². The number of nitrogens with one attached hydrogen (secondary N) is 5. The fourth-order valence-electron chi connectivity index (χ4n) is 3.38. The minimum Gasteiger partial charge on any atom is -0.377 e. The molecule has 0 radical (unpaired) electrons. The fraction of sp³-hybridized carbons (Fsp3) is 0.647. The molecule has 7 heteroatoms. The standard InChI is InChI=1S/C17H27N5O2/c23-16(12-6-1-3-10-18-12)21-14-8-5-9-15(20-14)22-17(24)13-7-2-4-11-19-13/h1,3,6,10,12-15,18-20H,2,4-5,7-9,11H2,(H,21,23)(H,22,24). The van der Waals surface area contributed by atoms with Gasteiger partial charge in [0.1, 0.15) is 6.04 Å². The number of piperidine rings is 2.